The third-order valence-electron chi connectivity index (χ3n) is 2.55. The highest BCUT2D eigenvalue weighted by atomic mass is 127. The SMILES string of the molecule is Cc1cc(CNc2ccc(I)cc2Cl)oc1C(=O)O. The summed E-state index contributed by atoms with van der Waals surface area (Å²) in [4.78, 5) is 10.9. The number of rotatable bonds is 4. The second-order valence-electron chi connectivity index (χ2n) is 4.01. The van der Waals surface area contributed by atoms with Crippen LogP contribution in [-0.4, -0.2) is 11.1 Å². The molecular formula is C13H11ClINO3. The maximum Gasteiger partial charge on any atom is 0.372 e. The van der Waals surface area contributed by atoms with E-state index in [1.165, 1.54) is 0 Å². The molecule has 1 aromatic carbocycles. The number of halogens is 2. The molecule has 2 N–H and O–H groups in total. The second-order valence-corrected chi connectivity index (χ2v) is 5.66. The molecule has 0 unspecified atom stereocenters. The Morgan fingerprint density at radius 2 is 2.21 bits per heavy atom. The summed E-state index contributed by atoms with van der Waals surface area (Å²) in [6.45, 7) is 2.09. The van der Waals surface area contributed by atoms with Crippen LogP contribution in [0.4, 0.5) is 5.69 Å². The van der Waals surface area contributed by atoms with Crippen molar-refractivity contribution in [2.45, 2.75) is 13.5 Å². The van der Waals surface area contributed by atoms with Crippen molar-refractivity contribution < 1.29 is 14.3 Å². The number of hydrogen-bond donors (Lipinski definition) is 2. The lowest BCUT2D eigenvalue weighted by molar-refractivity contribution is 0.0659. The zero-order valence-electron chi connectivity index (χ0n) is 10.0. The van der Waals surface area contributed by atoms with Gasteiger partial charge in [0.2, 0.25) is 5.76 Å². The number of benzene rings is 1. The van der Waals surface area contributed by atoms with Crippen molar-refractivity contribution in [3.8, 4) is 0 Å². The molecule has 2 aromatic rings. The summed E-state index contributed by atoms with van der Waals surface area (Å²) in [5.74, 6) is -0.522. The smallest absolute Gasteiger partial charge is 0.372 e. The van der Waals surface area contributed by atoms with Crippen LogP contribution in [0, 0.1) is 10.5 Å². The molecule has 1 aromatic heterocycles. The molecule has 2 rings (SSSR count). The second kappa shape index (κ2) is 5.83. The Kier molecular flexibility index (Phi) is 4.36. The first-order valence-corrected chi connectivity index (χ1v) is 6.94. The van der Waals surface area contributed by atoms with Crippen LogP contribution in [-0.2, 0) is 6.54 Å². The molecule has 4 nitrogen and oxygen atoms in total. The number of hydrogen-bond acceptors (Lipinski definition) is 3. The fourth-order valence-corrected chi connectivity index (χ4v) is 2.59. The van der Waals surface area contributed by atoms with Crippen LogP contribution >= 0.6 is 34.2 Å². The molecule has 0 saturated carbocycles. The van der Waals surface area contributed by atoms with Gasteiger partial charge in [-0.25, -0.2) is 4.79 Å². The number of aryl methyl sites for hydroxylation is 1. The highest BCUT2D eigenvalue weighted by Crippen LogP contribution is 2.25. The maximum atomic E-state index is 10.9. The number of carboxylic acid groups (broad SMARTS) is 1. The summed E-state index contributed by atoms with van der Waals surface area (Å²) in [6.07, 6.45) is 0. The summed E-state index contributed by atoms with van der Waals surface area (Å²) < 4.78 is 6.31. The highest BCUT2D eigenvalue weighted by Gasteiger charge is 2.14. The Hall–Kier alpha value is -1.21. The van der Waals surface area contributed by atoms with E-state index in [9.17, 15) is 4.79 Å². The summed E-state index contributed by atoms with van der Waals surface area (Å²) in [6, 6.07) is 7.36. The van der Waals surface area contributed by atoms with Gasteiger partial charge in [0.15, 0.2) is 0 Å². The van der Waals surface area contributed by atoms with Gasteiger partial charge in [0.25, 0.3) is 0 Å². The number of anilines is 1. The summed E-state index contributed by atoms with van der Waals surface area (Å²) in [5.41, 5.74) is 1.39. The van der Waals surface area contributed by atoms with Gasteiger partial charge < -0.3 is 14.8 Å². The quantitative estimate of drug-likeness (QED) is 0.769. The van der Waals surface area contributed by atoms with Gasteiger partial charge in [-0.3, -0.25) is 0 Å². The van der Waals surface area contributed by atoms with Gasteiger partial charge in [0.1, 0.15) is 5.76 Å². The van der Waals surface area contributed by atoms with E-state index in [1.54, 1.807) is 13.0 Å². The Labute approximate surface area is 128 Å². The molecule has 0 amide bonds. The lowest BCUT2D eigenvalue weighted by atomic mass is 10.2. The molecule has 1 heterocycles. The first kappa shape index (κ1) is 14.2. The van der Waals surface area contributed by atoms with Crippen LogP contribution in [0.1, 0.15) is 21.9 Å². The lowest BCUT2D eigenvalue weighted by Crippen LogP contribution is -1.99. The minimum atomic E-state index is -1.06. The van der Waals surface area contributed by atoms with Crippen LogP contribution in [0.5, 0.6) is 0 Å². The zero-order valence-corrected chi connectivity index (χ0v) is 12.9. The summed E-state index contributed by atoms with van der Waals surface area (Å²) in [5, 5.41) is 12.6. The van der Waals surface area contributed by atoms with E-state index in [2.05, 4.69) is 27.9 Å². The molecule has 0 aliphatic carbocycles. The molecule has 0 aliphatic heterocycles. The normalized spacial score (nSPS) is 10.5. The van der Waals surface area contributed by atoms with Gasteiger partial charge in [-0.1, -0.05) is 11.6 Å². The molecular weight excluding hydrogens is 381 g/mol. The Morgan fingerprint density at radius 3 is 2.79 bits per heavy atom. The van der Waals surface area contributed by atoms with E-state index in [1.807, 2.05) is 18.2 Å². The van der Waals surface area contributed by atoms with E-state index < -0.39 is 5.97 Å². The highest BCUT2D eigenvalue weighted by molar-refractivity contribution is 14.1. The summed E-state index contributed by atoms with van der Waals surface area (Å²) >= 11 is 8.27. The molecule has 0 atom stereocenters. The average molecular weight is 392 g/mol. The molecule has 100 valence electrons. The number of furan rings is 1. The number of carbonyl (C=O) groups is 1. The van der Waals surface area contributed by atoms with Crippen molar-refractivity contribution in [3.05, 3.63) is 49.9 Å². The van der Waals surface area contributed by atoms with Crippen LogP contribution in [0.2, 0.25) is 5.02 Å². The first-order valence-electron chi connectivity index (χ1n) is 5.49. The maximum absolute atomic E-state index is 10.9. The van der Waals surface area contributed by atoms with E-state index in [0.717, 1.165) is 9.26 Å². The predicted molar refractivity (Wildman–Crippen MR) is 81.9 cm³/mol. The fraction of sp³-hybridized carbons (Fsp3) is 0.154. The molecule has 0 radical (unpaired) electrons. The van der Waals surface area contributed by atoms with Gasteiger partial charge in [-0.15, -0.1) is 0 Å². The Morgan fingerprint density at radius 1 is 1.47 bits per heavy atom. The van der Waals surface area contributed by atoms with E-state index in [-0.39, 0.29) is 5.76 Å². The van der Waals surface area contributed by atoms with Gasteiger partial charge in [-0.05, 0) is 53.8 Å². The topological polar surface area (TPSA) is 62.5 Å². The Balaban J connectivity index is 2.10. The number of nitrogens with one attached hydrogen (secondary N) is 1. The molecule has 0 fully saturated rings. The van der Waals surface area contributed by atoms with Crippen LogP contribution in [0.3, 0.4) is 0 Å². The third-order valence-corrected chi connectivity index (χ3v) is 3.53. The van der Waals surface area contributed by atoms with E-state index in [4.69, 9.17) is 21.1 Å². The van der Waals surface area contributed by atoms with Crippen molar-refractivity contribution in [2.75, 3.05) is 5.32 Å². The van der Waals surface area contributed by atoms with Gasteiger partial charge >= 0.3 is 5.97 Å². The molecule has 6 heteroatoms. The molecule has 0 aliphatic rings. The van der Waals surface area contributed by atoms with Crippen molar-refractivity contribution in [2.24, 2.45) is 0 Å². The third kappa shape index (κ3) is 3.42. The van der Waals surface area contributed by atoms with Crippen molar-refractivity contribution in [1.82, 2.24) is 0 Å². The number of carboxylic acids is 1. The molecule has 0 bridgehead atoms. The van der Waals surface area contributed by atoms with Crippen molar-refractivity contribution in [1.29, 1.82) is 0 Å². The minimum Gasteiger partial charge on any atom is -0.475 e. The molecule has 0 spiro atoms. The van der Waals surface area contributed by atoms with E-state index >= 15 is 0 Å². The van der Waals surface area contributed by atoms with Crippen LogP contribution in [0.15, 0.2) is 28.7 Å². The van der Waals surface area contributed by atoms with Crippen LogP contribution in [0.25, 0.3) is 0 Å². The van der Waals surface area contributed by atoms with Gasteiger partial charge in [0, 0.05) is 9.13 Å². The minimum absolute atomic E-state index is 0.0227. The standard InChI is InChI=1S/C13H11ClINO3/c1-7-4-9(19-12(7)13(17)18)6-16-11-3-2-8(15)5-10(11)14/h2-5,16H,6H2,1H3,(H,17,18). The lowest BCUT2D eigenvalue weighted by Gasteiger charge is -2.06. The Bertz CT molecular complexity index is 624. The monoisotopic (exact) mass is 391 g/mol. The predicted octanol–water partition coefficient (Wildman–Crippen LogP) is 4.16. The molecule has 0 saturated heterocycles. The zero-order chi connectivity index (χ0) is 14.0. The summed E-state index contributed by atoms with van der Waals surface area (Å²) in [7, 11) is 0. The fourth-order valence-electron chi connectivity index (χ4n) is 1.66. The van der Waals surface area contributed by atoms with Crippen LogP contribution < -0.4 is 5.32 Å². The van der Waals surface area contributed by atoms with Crippen molar-refractivity contribution in [3.63, 3.8) is 0 Å². The average Bonchev–Trinajstić information content (AvgIpc) is 2.69. The van der Waals surface area contributed by atoms with Gasteiger partial charge in [0.05, 0.1) is 17.3 Å². The largest absolute Gasteiger partial charge is 0.475 e. The van der Waals surface area contributed by atoms with E-state index in [0.29, 0.717) is 22.9 Å². The molecule has 19 heavy (non-hydrogen) atoms. The van der Waals surface area contributed by atoms with Crippen molar-refractivity contribution >= 4 is 45.8 Å². The van der Waals surface area contributed by atoms with Gasteiger partial charge in [-0.2, -0.15) is 0 Å². The number of aromatic carboxylic acids is 1. The first-order chi connectivity index (χ1) is 8.97.